The topological polar surface area (TPSA) is 120 Å². The zero-order valence-corrected chi connectivity index (χ0v) is 19.5. The van der Waals surface area contributed by atoms with Crippen LogP contribution in [0.3, 0.4) is 0 Å². The highest BCUT2D eigenvalue weighted by atomic mass is 79.9. The van der Waals surface area contributed by atoms with E-state index in [9.17, 15) is 5.11 Å². The van der Waals surface area contributed by atoms with Gasteiger partial charge in [0.2, 0.25) is 0 Å². The highest BCUT2D eigenvalue weighted by Gasteiger charge is 2.20. The smallest absolute Gasteiger partial charge is 0.414 e. The van der Waals surface area contributed by atoms with Crippen LogP contribution in [0.15, 0.2) is 40.9 Å². The van der Waals surface area contributed by atoms with Gasteiger partial charge in [0.25, 0.3) is 0 Å². The first-order valence-corrected chi connectivity index (χ1v) is 10.8. The minimum Gasteiger partial charge on any atom is -0.503 e. The first kappa shape index (κ1) is 25.3. The average molecular weight is 511 g/mol. The molecule has 10 heteroatoms. The van der Waals surface area contributed by atoms with E-state index in [4.69, 9.17) is 29.3 Å². The van der Waals surface area contributed by atoms with Crippen molar-refractivity contribution in [3.05, 3.63) is 46.4 Å². The number of carboxylic acids is 2. The molecule has 1 saturated heterocycles. The summed E-state index contributed by atoms with van der Waals surface area (Å²) in [6.07, 6.45) is 0. The molecule has 2 aromatic rings. The Kier molecular flexibility index (Phi) is 9.61. The number of hydrogen-bond donors (Lipinski definition) is 3. The molecule has 0 aromatic heterocycles. The molecule has 0 saturated carbocycles. The third-order valence-corrected chi connectivity index (χ3v) is 5.38. The van der Waals surface area contributed by atoms with E-state index in [0.29, 0.717) is 16.8 Å². The number of hydrogen-bond acceptors (Lipinski definition) is 7. The van der Waals surface area contributed by atoms with Gasteiger partial charge in [0.15, 0.2) is 11.5 Å². The van der Waals surface area contributed by atoms with Crippen LogP contribution in [0.5, 0.6) is 17.2 Å². The van der Waals surface area contributed by atoms with Gasteiger partial charge in [-0.2, -0.15) is 0 Å². The molecule has 0 atom stereocenters. The van der Waals surface area contributed by atoms with E-state index < -0.39 is 11.9 Å². The Morgan fingerprint density at radius 3 is 2.22 bits per heavy atom. The van der Waals surface area contributed by atoms with Crippen LogP contribution in [0.2, 0.25) is 0 Å². The van der Waals surface area contributed by atoms with E-state index in [1.165, 1.54) is 5.69 Å². The highest BCUT2D eigenvalue weighted by molar-refractivity contribution is 9.10. The number of methoxy groups -OCH3 is 1. The summed E-state index contributed by atoms with van der Waals surface area (Å²) in [5, 5.41) is 24.7. The number of carboxylic acid groups (broad SMARTS) is 2. The fourth-order valence-electron chi connectivity index (χ4n) is 3.28. The molecule has 174 valence electrons. The van der Waals surface area contributed by atoms with Gasteiger partial charge in [-0.1, -0.05) is 12.1 Å². The van der Waals surface area contributed by atoms with Crippen molar-refractivity contribution in [3.63, 3.8) is 0 Å². The number of ether oxygens (including phenoxy) is 2. The summed E-state index contributed by atoms with van der Waals surface area (Å²) in [5.74, 6) is -2.05. The normalized spacial score (nSPS) is 13.7. The molecule has 0 spiro atoms. The summed E-state index contributed by atoms with van der Waals surface area (Å²) in [6, 6.07) is 12.1. The molecule has 1 aliphatic heterocycles. The number of nitrogens with zero attached hydrogens (tertiary/aromatic N) is 2. The van der Waals surface area contributed by atoms with Gasteiger partial charge < -0.3 is 29.7 Å². The maximum absolute atomic E-state index is 9.95. The number of piperazine rings is 1. The summed E-state index contributed by atoms with van der Waals surface area (Å²) in [5.41, 5.74) is 2.29. The van der Waals surface area contributed by atoms with E-state index >= 15 is 0 Å². The largest absolute Gasteiger partial charge is 0.503 e. The molecular weight excluding hydrogens is 484 g/mol. The Bertz CT molecular complexity index is 918. The monoisotopic (exact) mass is 510 g/mol. The summed E-state index contributed by atoms with van der Waals surface area (Å²) in [7, 11) is 1.57. The minimum atomic E-state index is -1.82. The summed E-state index contributed by atoms with van der Waals surface area (Å²) in [6.45, 7) is 7.38. The Balaban J connectivity index is 0.000000534. The molecule has 0 aliphatic carbocycles. The van der Waals surface area contributed by atoms with Crippen LogP contribution in [0.1, 0.15) is 12.5 Å². The number of anilines is 1. The molecule has 0 unspecified atom stereocenters. The van der Waals surface area contributed by atoms with Crippen molar-refractivity contribution >= 4 is 33.6 Å². The lowest BCUT2D eigenvalue weighted by Crippen LogP contribution is -2.46. The van der Waals surface area contributed by atoms with Gasteiger partial charge in [0.05, 0.1) is 23.9 Å². The number of benzene rings is 2. The van der Waals surface area contributed by atoms with Gasteiger partial charge in [-0.25, -0.2) is 9.59 Å². The Morgan fingerprint density at radius 2 is 1.66 bits per heavy atom. The second-order valence-corrected chi connectivity index (χ2v) is 7.76. The van der Waals surface area contributed by atoms with Crippen LogP contribution in [0, 0.1) is 0 Å². The molecule has 9 nitrogen and oxygen atoms in total. The first-order chi connectivity index (χ1) is 15.3. The summed E-state index contributed by atoms with van der Waals surface area (Å²) in [4.78, 5) is 23.0. The lowest BCUT2D eigenvalue weighted by atomic mass is 10.1. The maximum atomic E-state index is 9.95. The molecule has 0 radical (unpaired) electrons. The number of aromatic hydroxyl groups is 1. The zero-order chi connectivity index (χ0) is 23.7. The van der Waals surface area contributed by atoms with E-state index in [1.54, 1.807) is 7.11 Å². The van der Waals surface area contributed by atoms with Crippen LogP contribution in [-0.4, -0.2) is 72.1 Å². The summed E-state index contributed by atoms with van der Waals surface area (Å²) < 4.78 is 11.7. The van der Waals surface area contributed by atoms with Crippen molar-refractivity contribution in [2.75, 3.05) is 44.8 Å². The molecule has 1 fully saturated rings. The van der Waals surface area contributed by atoms with E-state index in [-0.39, 0.29) is 5.75 Å². The van der Waals surface area contributed by atoms with Crippen molar-refractivity contribution in [3.8, 4) is 17.2 Å². The predicted octanol–water partition coefficient (Wildman–Crippen LogP) is 3.04. The fraction of sp³-hybridized carbons (Fsp3) is 0.364. The number of phenols is 1. The molecule has 1 heterocycles. The lowest BCUT2D eigenvalue weighted by molar-refractivity contribution is -0.159. The zero-order valence-electron chi connectivity index (χ0n) is 18.0. The highest BCUT2D eigenvalue weighted by Crippen LogP contribution is 2.35. The molecule has 32 heavy (non-hydrogen) atoms. The van der Waals surface area contributed by atoms with Crippen LogP contribution < -0.4 is 14.4 Å². The van der Waals surface area contributed by atoms with Crippen molar-refractivity contribution < 1.29 is 34.4 Å². The van der Waals surface area contributed by atoms with Gasteiger partial charge in [0, 0.05) is 32.7 Å². The lowest BCUT2D eigenvalue weighted by Gasteiger charge is -2.36. The quantitative estimate of drug-likeness (QED) is 0.503. The predicted molar refractivity (Wildman–Crippen MR) is 123 cm³/mol. The number of para-hydroxylation sites is 2. The Hall–Kier alpha value is -2.98. The molecular formula is C22H27BrN2O7. The molecule has 3 rings (SSSR count). The Morgan fingerprint density at radius 1 is 1.03 bits per heavy atom. The van der Waals surface area contributed by atoms with Crippen molar-refractivity contribution in [1.29, 1.82) is 0 Å². The first-order valence-electron chi connectivity index (χ1n) is 9.97. The maximum Gasteiger partial charge on any atom is 0.414 e. The standard InChI is InChI=1S/C20H25BrN2O3.C2H2O4/c1-3-26-18-7-5-4-6-17(18)23-10-8-22(9-11-23)14-15-12-16(21)20(24)19(13-15)25-2;3-1(4)2(5)6/h4-7,12-13,24H,3,8-11,14H2,1-2H3;(H,3,4)(H,5,6). The third kappa shape index (κ3) is 7.03. The van der Waals surface area contributed by atoms with Crippen molar-refractivity contribution in [2.45, 2.75) is 13.5 Å². The average Bonchev–Trinajstić information content (AvgIpc) is 2.78. The van der Waals surface area contributed by atoms with Gasteiger partial charge in [-0.05, 0) is 52.7 Å². The van der Waals surface area contributed by atoms with Gasteiger partial charge in [-0.3, -0.25) is 4.90 Å². The fourth-order valence-corrected chi connectivity index (χ4v) is 3.76. The van der Waals surface area contributed by atoms with Crippen molar-refractivity contribution in [2.24, 2.45) is 0 Å². The molecule has 0 amide bonds. The number of phenolic OH excluding ortho intramolecular Hbond substituents is 1. The Labute approximate surface area is 194 Å². The number of halogens is 1. The minimum absolute atomic E-state index is 0.147. The summed E-state index contributed by atoms with van der Waals surface area (Å²) >= 11 is 3.39. The van der Waals surface area contributed by atoms with Gasteiger partial charge in [-0.15, -0.1) is 0 Å². The number of aliphatic carboxylic acids is 2. The van der Waals surface area contributed by atoms with Crippen LogP contribution >= 0.6 is 15.9 Å². The molecule has 1 aliphatic rings. The van der Waals surface area contributed by atoms with E-state index in [1.807, 2.05) is 31.2 Å². The third-order valence-electron chi connectivity index (χ3n) is 4.78. The van der Waals surface area contributed by atoms with Crippen LogP contribution in [0.4, 0.5) is 5.69 Å². The molecule has 2 aromatic carbocycles. The van der Waals surface area contributed by atoms with Crippen molar-refractivity contribution in [1.82, 2.24) is 4.90 Å². The van der Waals surface area contributed by atoms with Gasteiger partial charge >= 0.3 is 11.9 Å². The van der Waals surface area contributed by atoms with E-state index in [2.05, 4.69) is 37.9 Å². The van der Waals surface area contributed by atoms with Gasteiger partial charge in [0.1, 0.15) is 5.75 Å². The number of carbonyl (C=O) groups is 2. The molecule has 3 N–H and O–H groups in total. The molecule has 0 bridgehead atoms. The van der Waals surface area contributed by atoms with Crippen LogP contribution in [0.25, 0.3) is 0 Å². The SMILES string of the molecule is CCOc1ccccc1N1CCN(Cc2cc(Br)c(O)c(OC)c2)CC1.O=C(O)C(=O)O. The number of rotatable bonds is 6. The second kappa shape index (κ2) is 12.2. The van der Waals surface area contributed by atoms with E-state index in [0.717, 1.165) is 44.0 Å². The second-order valence-electron chi connectivity index (χ2n) is 6.90. The van der Waals surface area contributed by atoms with Crippen LogP contribution in [-0.2, 0) is 16.1 Å².